The molecule has 0 bridgehead atoms. The van der Waals surface area contributed by atoms with Crippen molar-refractivity contribution in [3.63, 3.8) is 0 Å². The van der Waals surface area contributed by atoms with Crippen LogP contribution in [0.2, 0.25) is 0 Å². The Morgan fingerprint density at radius 1 is 1.06 bits per heavy atom. The Morgan fingerprint density at radius 3 is 2.62 bits per heavy atom. The molecule has 32 heavy (non-hydrogen) atoms. The van der Waals surface area contributed by atoms with Crippen molar-refractivity contribution < 1.29 is 19.5 Å². The standard InChI is InChI=1S/C22H24BN5O4/c1-14-10-18-16(13-31-2)7-5-9-19(18)28(14)22-25-20(21(32-3)26-27-22)24-12-15-6-4-8-17(11-15)23(29)30/h4-11,29-30H,12-13H2,1-3H3,(H,24,25,27). The van der Waals surface area contributed by atoms with E-state index >= 15 is 0 Å². The van der Waals surface area contributed by atoms with Gasteiger partial charge in [0.1, 0.15) is 0 Å². The zero-order chi connectivity index (χ0) is 22.7. The summed E-state index contributed by atoms with van der Waals surface area (Å²) < 4.78 is 12.6. The van der Waals surface area contributed by atoms with Gasteiger partial charge in [-0.15, -0.1) is 10.2 Å². The van der Waals surface area contributed by atoms with E-state index in [4.69, 9.17) is 9.47 Å². The molecule has 4 rings (SSSR count). The second-order valence-corrected chi connectivity index (χ2v) is 7.35. The Balaban J connectivity index is 1.69. The molecule has 0 spiro atoms. The maximum Gasteiger partial charge on any atom is 0.488 e. The molecule has 0 atom stereocenters. The summed E-state index contributed by atoms with van der Waals surface area (Å²) in [7, 11) is 1.66. The lowest BCUT2D eigenvalue weighted by atomic mass is 9.80. The molecular formula is C22H24BN5O4. The SMILES string of the molecule is COCc1cccc2c1cc(C)n2-c1nnc(OC)c(NCc2cccc(B(O)O)c2)n1. The molecule has 0 saturated heterocycles. The molecule has 0 aliphatic heterocycles. The molecule has 0 aliphatic rings. The third kappa shape index (κ3) is 4.29. The fourth-order valence-electron chi connectivity index (χ4n) is 3.68. The molecular weight excluding hydrogens is 409 g/mol. The van der Waals surface area contributed by atoms with Gasteiger partial charge in [-0.25, -0.2) is 0 Å². The van der Waals surface area contributed by atoms with Crippen molar-refractivity contribution in [2.45, 2.75) is 20.1 Å². The monoisotopic (exact) mass is 433 g/mol. The van der Waals surface area contributed by atoms with E-state index in [2.05, 4.69) is 26.6 Å². The van der Waals surface area contributed by atoms with Crippen molar-refractivity contribution >= 4 is 29.3 Å². The van der Waals surface area contributed by atoms with Crippen LogP contribution in [0.1, 0.15) is 16.8 Å². The van der Waals surface area contributed by atoms with Crippen LogP contribution in [0.25, 0.3) is 16.9 Å². The van der Waals surface area contributed by atoms with E-state index < -0.39 is 7.12 Å². The predicted octanol–water partition coefficient (Wildman–Crippen LogP) is 1.57. The lowest BCUT2D eigenvalue weighted by molar-refractivity contribution is 0.186. The molecule has 10 heteroatoms. The zero-order valence-corrected chi connectivity index (χ0v) is 18.1. The summed E-state index contributed by atoms with van der Waals surface area (Å²) in [6.07, 6.45) is 0. The number of hydrogen-bond acceptors (Lipinski definition) is 8. The van der Waals surface area contributed by atoms with Crippen molar-refractivity contribution in [1.29, 1.82) is 0 Å². The van der Waals surface area contributed by atoms with Crippen LogP contribution < -0.4 is 15.5 Å². The minimum atomic E-state index is -1.52. The Hall–Kier alpha value is -3.47. The Bertz CT molecular complexity index is 1240. The van der Waals surface area contributed by atoms with Crippen LogP contribution in [0.15, 0.2) is 48.5 Å². The summed E-state index contributed by atoms with van der Waals surface area (Å²) in [5.74, 6) is 1.11. The van der Waals surface area contributed by atoms with Crippen LogP contribution in [0.5, 0.6) is 5.88 Å². The smallest absolute Gasteiger partial charge is 0.477 e. The molecule has 0 saturated carbocycles. The molecule has 0 radical (unpaired) electrons. The molecule has 4 aromatic rings. The Kier molecular flexibility index (Phi) is 6.36. The summed E-state index contributed by atoms with van der Waals surface area (Å²) in [6.45, 7) is 2.89. The first-order chi connectivity index (χ1) is 15.5. The summed E-state index contributed by atoms with van der Waals surface area (Å²) >= 11 is 0. The molecule has 9 nitrogen and oxygen atoms in total. The quantitative estimate of drug-likeness (QED) is 0.359. The molecule has 164 valence electrons. The van der Waals surface area contributed by atoms with Crippen molar-refractivity contribution in [2.24, 2.45) is 0 Å². The highest BCUT2D eigenvalue weighted by Gasteiger charge is 2.17. The molecule has 0 amide bonds. The Labute approximate surface area is 185 Å². The van der Waals surface area contributed by atoms with Gasteiger partial charge in [0.25, 0.3) is 11.8 Å². The number of benzene rings is 2. The second kappa shape index (κ2) is 9.35. The van der Waals surface area contributed by atoms with E-state index in [9.17, 15) is 10.0 Å². The fourth-order valence-corrected chi connectivity index (χ4v) is 3.68. The van der Waals surface area contributed by atoms with Gasteiger partial charge in [0, 0.05) is 24.7 Å². The van der Waals surface area contributed by atoms with Gasteiger partial charge >= 0.3 is 7.12 Å². The highest BCUT2D eigenvalue weighted by Crippen LogP contribution is 2.27. The van der Waals surface area contributed by atoms with Crippen LogP contribution in [-0.4, -0.2) is 51.1 Å². The predicted molar refractivity (Wildman–Crippen MR) is 122 cm³/mol. The summed E-state index contributed by atoms with van der Waals surface area (Å²) in [5, 5.41) is 31.5. The van der Waals surface area contributed by atoms with Gasteiger partial charge in [-0.3, -0.25) is 4.57 Å². The number of aryl methyl sites for hydroxylation is 1. The molecule has 2 aromatic carbocycles. The van der Waals surface area contributed by atoms with Gasteiger partial charge < -0.3 is 24.8 Å². The second-order valence-electron chi connectivity index (χ2n) is 7.35. The number of anilines is 1. The molecule has 0 unspecified atom stereocenters. The average Bonchev–Trinajstić information content (AvgIpc) is 3.14. The number of fused-ring (bicyclic) bond motifs is 1. The van der Waals surface area contributed by atoms with E-state index in [0.29, 0.717) is 30.4 Å². The third-order valence-electron chi connectivity index (χ3n) is 5.17. The number of methoxy groups -OCH3 is 2. The van der Waals surface area contributed by atoms with Crippen LogP contribution >= 0.6 is 0 Å². The topological polar surface area (TPSA) is 115 Å². The van der Waals surface area contributed by atoms with Gasteiger partial charge in [-0.1, -0.05) is 36.4 Å². The van der Waals surface area contributed by atoms with Crippen LogP contribution in [0.4, 0.5) is 5.82 Å². The zero-order valence-electron chi connectivity index (χ0n) is 18.1. The fraction of sp³-hybridized carbons (Fsp3) is 0.227. The number of hydrogen-bond donors (Lipinski definition) is 3. The number of ether oxygens (including phenoxy) is 2. The average molecular weight is 433 g/mol. The van der Waals surface area contributed by atoms with Crippen molar-refractivity contribution in [1.82, 2.24) is 19.7 Å². The van der Waals surface area contributed by atoms with Crippen LogP contribution in [-0.2, 0) is 17.9 Å². The van der Waals surface area contributed by atoms with Gasteiger partial charge in [0.2, 0.25) is 0 Å². The van der Waals surface area contributed by atoms with E-state index in [0.717, 1.165) is 27.7 Å². The Morgan fingerprint density at radius 2 is 1.88 bits per heavy atom. The van der Waals surface area contributed by atoms with E-state index in [-0.39, 0.29) is 5.88 Å². The molecule has 3 N–H and O–H groups in total. The van der Waals surface area contributed by atoms with E-state index in [1.54, 1.807) is 25.3 Å². The first kappa shape index (κ1) is 21.8. The molecule has 0 aliphatic carbocycles. The normalized spacial score (nSPS) is 11.0. The van der Waals surface area contributed by atoms with Gasteiger partial charge in [0.05, 0.1) is 19.2 Å². The lowest BCUT2D eigenvalue weighted by Gasteiger charge is -2.12. The minimum Gasteiger partial charge on any atom is -0.477 e. The van der Waals surface area contributed by atoms with Crippen molar-refractivity contribution in [3.8, 4) is 11.8 Å². The first-order valence-corrected chi connectivity index (χ1v) is 10.1. The summed E-state index contributed by atoms with van der Waals surface area (Å²) in [4.78, 5) is 4.67. The highest BCUT2D eigenvalue weighted by molar-refractivity contribution is 6.58. The van der Waals surface area contributed by atoms with Crippen LogP contribution in [0, 0.1) is 6.92 Å². The largest absolute Gasteiger partial charge is 0.488 e. The van der Waals surface area contributed by atoms with E-state index in [1.807, 2.05) is 35.8 Å². The minimum absolute atomic E-state index is 0.265. The van der Waals surface area contributed by atoms with Crippen molar-refractivity contribution in [3.05, 3.63) is 65.4 Å². The van der Waals surface area contributed by atoms with Gasteiger partial charge in [-0.2, -0.15) is 4.98 Å². The maximum absolute atomic E-state index is 9.40. The van der Waals surface area contributed by atoms with Crippen molar-refractivity contribution in [2.75, 3.05) is 19.5 Å². The van der Waals surface area contributed by atoms with Gasteiger partial charge in [-0.05, 0) is 35.6 Å². The molecule has 2 aromatic heterocycles. The first-order valence-electron chi connectivity index (χ1n) is 10.1. The highest BCUT2D eigenvalue weighted by atomic mass is 16.5. The molecule has 0 fully saturated rings. The number of nitrogens with one attached hydrogen (secondary N) is 1. The maximum atomic E-state index is 9.40. The third-order valence-corrected chi connectivity index (χ3v) is 5.17. The lowest BCUT2D eigenvalue weighted by Crippen LogP contribution is -2.30. The number of nitrogens with zero attached hydrogens (tertiary/aromatic N) is 4. The molecule has 2 heterocycles. The van der Waals surface area contributed by atoms with Gasteiger partial charge in [0.15, 0.2) is 5.82 Å². The van der Waals surface area contributed by atoms with Crippen LogP contribution in [0.3, 0.4) is 0 Å². The van der Waals surface area contributed by atoms with E-state index in [1.165, 1.54) is 7.11 Å². The number of rotatable bonds is 8. The summed E-state index contributed by atoms with van der Waals surface area (Å²) in [6, 6.07) is 15.1. The summed E-state index contributed by atoms with van der Waals surface area (Å²) in [5.41, 5.74) is 4.27. The number of aromatic nitrogens is 4.